The summed E-state index contributed by atoms with van der Waals surface area (Å²) in [6, 6.07) is 23.0. The van der Waals surface area contributed by atoms with E-state index >= 15 is 0 Å². The Bertz CT molecular complexity index is 2190. The van der Waals surface area contributed by atoms with Gasteiger partial charge in [0.25, 0.3) is 11.8 Å². The Morgan fingerprint density at radius 3 is 2.30 bits per heavy atom. The fourth-order valence-electron chi connectivity index (χ4n) is 8.35. The van der Waals surface area contributed by atoms with Gasteiger partial charge in [-0.3, -0.25) is 14.5 Å². The smallest absolute Gasteiger partial charge is 0.251 e. The lowest BCUT2D eigenvalue weighted by Gasteiger charge is -2.36. The number of carbonyl (C=O) groups excluding carboxylic acids is 2. The Hall–Kier alpha value is -4.83. The summed E-state index contributed by atoms with van der Waals surface area (Å²) >= 11 is 0. The van der Waals surface area contributed by atoms with Crippen LogP contribution in [0.15, 0.2) is 72.9 Å². The first-order valence-electron chi connectivity index (χ1n) is 20.5. The summed E-state index contributed by atoms with van der Waals surface area (Å²) in [6.07, 6.45) is 7.36. The van der Waals surface area contributed by atoms with E-state index in [-0.39, 0.29) is 18.4 Å². The van der Waals surface area contributed by atoms with Gasteiger partial charge in [0.2, 0.25) is 0 Å². The predicted molar refractivity (Wildman–Crippen MR) is 232 cm³/mol. The molecule has 7 rings (SSSR count). The average Bonchev–Trinajstić information content (AvgIpc) is 3.65. The Kier molecular flexibility index (Phi) is 13.2. The van der Waals surface area contributed by atoms with Crippen molar-refractivity contribution >= 4 is 37.1 Å². The van der Waals surface area contributed by atoms with Crippen LogP contribution in [0.5, 0.6) is 5.75 Å². The second-order valence-electron chi connectivity index (χ2n) is 15.5. The number of piperazine rings is 1. The summed E-state index contributed by atoms with van der Waals surface area (Å²) in [7, 11) is 2.67. The van der Waals surface area contributed by atoms with Crippen molar-refractivity contribution in [1.29, 1.82) is 0 Å². The highest BCUT2D eigenvalue weighted by molar-refractivity contribution is 7.38. The third-order valence-electron chi connectivity index (χ3n) is 11.1. The van der Waals surface area contributed by atoms with Crippen LogP contribution in [-0.2, 0) is 32.6 Å². The van der Waals surface area contributed by atoms with Crippen molar-refractivity contribution in [2.24, 2.45) is 0 Å². The number of aryl methyl sites for hydroxylation is 2. The highest BCUT2D eigenvalue weighted by atomic mass is 31.1. The molecule has 2 aromatic heterocycles. The number of pyridine rings is 1. The molecule has 2 atom stereocenters. The molecule has 2 aliphatic heterocycles. The molecular formula is C45H57N8O3P. The number of amides is 2. The maximum atomic E-state index is 13.7. The van der Waals surface area contributed by atoms with Crippen molar-refractivity contribution in [1.82, 2.24) is 35.6 Å². The molecule has 2 fully saturated rings. The summed E-state index contributed by atoms with van der Waals surface area (Å²) in [5, 5.41) is 19.3. The zero-order valence-corrected chi connectivity index (χ0v) is 35.0. The molecule has 2 unspecified atom stereocenters. The maximum absolute atomic E-state index is 13.7. The minimum atomic E-state index is -0.269. The summed E-state index contributed by atoms with van der Waals surface area (Å²) in [5.41, 5.74) is 8.96. The van der Waals surface area contributed by atoms with E-state index < -0.39 is 0 Å². The molecule has 2 saturated heterocycles. The molecule has 12 heteroatoms. The molecule has 0 aliphatic carbocycles. The van der Waals surface area contributed by atoms with Crippen LogP contribution in [0.25, 0.3) is 22.2 Å². The van der Waals surface area contributed by atoms with E-state index in [0.717, 1.165) is 98.7 Å². The highest BCUT2D eigenvalue weighted by Crippen LogP contribution is 2.33. The van der Waals surface area contributed by atoms with E-state index in [9.17, 15) is 9.59 Å². The first kappa shape index (κ1) is 40.4. The first-order valence-corrected chi connectivity index (χ1v) is 21.9. The minimum Gasteiger partial charge on any atom is -0.496 e. The lowest BCUT2D eigenvalue weighted by Crippen LogP contribution is -2.53. The van der Waals surface area contributed by atoms with Crippen molar-refractivity contribution in [3.8, 4) is 16.9 Å². The van der Waals surface area contributed by atoms with Crippen LogP contribution in [0, 0.1) is 0 Å². The molecule has 0 radical (unpaired) electrons. The highest BCUT2D eigenvalue weighted by Gasteiger charge is 2.23. The number of nitrogens with zero attached hydrogens (tertiary/aromatic N) is 4. The summed E-state index contributed by atoms with van der Waals surface area (Å²) in [6.45, 7) is 12.9. The molecule has 4 N–H and O–H groups in total. The van der Waals surface area contributed by atoms with Crippen LogP contribution in [0.4, 0.5) is 5.69 Å². The lowest BCUT2D eigenvalue weighted by molar-refractivity contribution is 0.0950. The number of hydrogen-bond acceptors (Lipinski definition) is 8. The number of anilines is 1. The monoisotopic (exact) mass is 788 g/mol. The van der Waals surface area contributed by atoms with Crippen LogP contribution in [0.3, 0.4) is 0 Å². The number of carbonyl (C=O) groups is 2. The molecule has 0 spiro atoms. The topological polar surface area (TPSA) is 125 Å². The average molecular weight is 789 g/mol. The molecule has 300 valence electrons. The summed E-state index contributed by atoms with van der Waals surface area (Å²) in [5.74, 6) is 0.179. The molecule has 0 saturated carbocycles. The van der Waals surface area contributed by atoms with Gasteiger partial charge in [0, 0.05) is 85.3 Å². The number of nitrogens with one attached hydrogen (secondary N) is 4. The van der Waals surface area contributed by atoms with Gasteiger partial charge in [-0.05, 0) is 105 Å². The Morgan fingerprint density at radius 1 is 0.895 bits per heavy atom. The van der Waals surface area contributed by atoms with E-state index in [4.69, 9.17) is 9.72 Å². The van der Waals surface area contributed by atoms with Gasteiger partial charge in [-0.1, -0.05) is 37.3 Å². The van der Waals surface area contributed by atoms with Crippen LogP contribution >= 0.6 is 8.58 Å². The van der Waals surface area contributed by atoms with Crippen LogP contribution < -0.4 is 26.0 Å². The fourth-order valence-corrected chi connectivity index (χ4v) is 9.70. The van der Waals surface area contributed by atoms with Crippen molar-refractivity contribution in [2.75, 3.05) is 37.8 Å². The number of benzene rings is 3. The fraction of sp³-hybridized carbons (Fsp3) is 0.422. The van der Waals surface area contributed by atoms with E-state index in [2.05, 4.69) is 95.4 Å². The Morgan fingerprint density at radius 2 is 1.60 bits per heavy atom. The number of methoxy groups -OCH3 is 1. The quantitative estimate of drug-likeness (QED) is 0.0889. The zero-order valence-electron chi connectivity index (χ0n) is 34.0. The Balaban J connectivity index is 1.03. The minimum absolute atomic E-state index is 0.251. The molecule has 2 amide bonds. The van der Waals surface area contributed by atoms with Crippen molar-refractivity contribution < 1.29 is 14.3 Å². The summed E-state index contributed by atoms with van der Waals surface area (Å²) in [4.78, 5) is 34.8. The van der Waals surface area contributed by atoms with Gasteiger partial charge in [0.1, 0.15) is 5.75 Å². The predicted octanol–water partition coefficient (Wildman–Crippen LogP) is 6.98. The van der Waals surface area contributed by atoms with Gasteiger partial charge >= 0.3 is 0 Å². The van der Waals surface area contributed by atoms with Gasteiger partial charge in [0.05, 0.1) is 24.4 Å². The van der Waals surface area contributed by atoms with Gasteiger partial charge < -0.3 is 26.0 Å². The van der Waals surface area contributed by atoms with E-state index in [1.54, 1.807) is 31.4 Å². The van der Waals surface area contributed by atoms with Crippen LogP contribution in [0.1, 0.15) is 83.6 Å². The van der Waals surface area contributed by atoms with E-state index in [0.29, 0.717) is 41.5 Å². The second-order valence-corrected chi connectivity index (χ2v) is 17.0. The third-order valence-corrected chi connectivity index (χ3v) is 12.4. The van der Waals surface area contributed by atoms with Crippen molar-refractivity contribution in [3.05, 3.63) is 106 Å². The second kappa shape index (κ2) is 18.6. The van der Waals surface area contributed by atoms with E-state index in [1.165, 1.54) is 17.9 Å². The maximum Gasteiger partial charge on any atom is 0.251 e. The number of aromatic nitrogens is 3. The number of rotatable bonds is 14. The lowest BCUT2D eigenvalue weighted by atomic mass is 9.99. The molecule has 4 heterocycles. The van der Waals surface area contributed by atoms with Gasteiger partial charge in [-0.15, -0.1) is 8.58 Å². The molecular weight excluding hydrogens is 732 g/mol. The van der Waals surface area contributed by atoms with E-state index in [1.807, 2.05) is 16.9 Å². The number of hydrogen-bond donors (Lipinski definition) is 4. The number of fused-ring (bicyclic) bond motifs is 1. The molecule has 57 heavy (non-hydrogen) atoms. The number of ether oxygens (including phenoxy) is 1. The summed E-state index contributed by atoms with van der Waals surface area (Å²) < 4.78 is 7.63. The van der Waals surface area contributed by atoms with Crippen molar-refractivity contribution in [3.63, 3.8) is 0 Å². The van der Waals surface area contributed by atoms with Gasteiger partial charge in [0.15, 0.2) is 5.65 Å². The zero-order chi connectivity index (χ0) is 39.9. The van der Waals surface area contributed by atoms with Gasteiger partial charge in [-0.25, -0.2) is 9.67 Å². The Labute approximate surface area is 338 Å². The molecule has 3 aromatic carbocycles. The third kappa shape index (κ3) is 9.66. The first-order chi connectivity index (χ1) is 27.7. The SMILES string of the molecule is CCc1nc2c(cnn2CC)c(NC2CCPCC2)c1CNC(=O)c1cccc(C(=O)NCc2cc(-c3cccc(CN4CC(C)NC(C)C4)c3)ccc2OC)c1. The van der Waals surface area contributed by atoms with Crippen molar-refractivity contribution in [2.45, 2.75) is 91.3 Å². The van der Waals surface area contributed by atoms with Gasteiger partial charge in [-0.2, -0.15) is 5.10 Å². The molecule has 0 bridgehead atoms. The molecule has 2 aliphatic rings. The molecule has 11 nitrogen and oxygen atoms in total. The normalized spacial score (nSPS) is 19.1. The van der Waals surface area contributed by atoms with Crippen LogP contribution in [-0.4, -0.2) is 82.1 Å². The largest absolute Gasteiger partial charge is 0.496 e. The molecule has 5 aromatic rings. The van der Waals surface area contributed by atoms with Crippen LogP contribution in [0.2, 0.25) is 0 Å². The standard InChI is InChI=1S/C45H57N8O3P/c1-6-40-38(42(50-37-16-18-57-19-17-37)39-25-48-53(7-2)43(39)51-40)24-47-45(55)35-13-9-12-34(22-35)44(54)46-23-36-21-33(14-15-41(36)56-5)32-11-8-10-31(20-32)28-52-26-29(3)49-30(4)27-52/h8-15,20-22,25,29-30,37,49,57H,6-7,16-19,23-24,26-28H2,1-5H3,(H,46,54)(H,47,55)(H,50,51).